The highest BCUT2D eigenvalue weighted by molar-refractivity contribution is 9.10. The molecule has 0 unspecified atom stereocenters. The average Bonchev–Trinajstić information content (AvgIpc) is 2.03. The van der Waals surface area contributed by atoms with Crippen molar-refractivity contribution in [2.45, 2.75) is 0 Å². The fraction of sp³-hybridized carbons (Fsp3) is 0.333. The zero-order valence-electron chi connectivity index (χ0n) is 7.42. The van der Waals surface area contributed by atoms with E-state index in [1.807, 2.05) is 12.1 Å². The SMILES string of the molecule is COCCOc1cc(N)cc(Br)c1. The van der Waals surface area contributed by atoms with E-state index in [0.29, 0.717) is 18.9 Å². The molecule has 13 heavy (non-hydrogen) atoms. The van der Waals surface area contributed by atoms with Crippen molar-refractivity contribution in [1.29, 1.82) is 0 Å². The zero-order chi connectivity index (χ0) is 9.68. The van der Waals surface area contributed by atoms with Gasteiger partial charge in [0.25, 0.3) is 0 Å². The molecule has 0 radical (unpaired) electrons. The third-order valence-corrected chi connectivity index (χ3v) is 1.91. The number of methoxy groups -OCH3 is 1. The maximum absolute atomic E-state index is 5.62. The molecule has 72 valence electrons. The van der Waals surface area contributed by atoms with Crippen LogP contribution >= 0.6 is 15.9 Å². The van der Waals surface area contributed by atoms with E-state index in [-0.39, 0.29) is 0 Å². The van der Waals surface area contributed by atoms with E-state index in [2.05, 4.69) is 15.9 Å². The number of benzene rings is 1. The van der Waals surface area contributed by atoms with Gasteiger partial charge in [-0.1, -0.05) is 15.9 Å². The smallest absolute Gasteiger partial charge is 0.122 e. The third-order valence-electron chi connectivity index (χ3n) is 1.45. The van der Waals surface area contributed by atoms with E-state index < -0.39 is 0 Å². The van der Waals surface area contributed by atoms with Crippen LogP contribution in [0.15, 0.2) is 22.7 Å². The van der Waals surface area contributed by atoms with Crippen LogP contribution in [-0.4, -0.2) is 20.3 Å². The van der Waals surface area contributed by atoms with Crippen molar-refractivity contribution < 1.29 is 9.47 Å². The van der Waals surface area contributed by atoms with Gasteiger partial charge in [0.15, 0.2) is 0 Å². The van der Waals surface area contributed by atoms with Crippen molar-refractivity contribution >= 4 is 21.6 Å². The lowest BCUT2D eigenvalue weighted by Gasteiger charge is -2.06. The van der Waals surface area contributed by atoms with Crippen LogP contribution in [0.2, 0.25) is 0 Å². The van der Waals surface area contributed by atoms with Gasteiger partial charge in [-0.15, -0.1) is 0 Å². The molecular formula is C9H12BrNO2. The fourth-order valence-corrected chi connectivity index (χ4v) is 1.40. The van der Waals surface area contributed by atoms with E-state index in [0.717, 1.165) is 10.2 Å². The molecule has 3 nitrogen and oxygen atoms in total. The number of hydrogen-bond donors (Lipinski definition) is 1. The standard InChI is InChI=1S/C9H12BrNO2/c1-12-2-3-13-9-5-7(10)4-8(11)6-9/h4-6H,2-3,11H2,1H3. The molecule has 0 aliphatic carbocycles. The van der Waals surface area contributed by atoms with Crippen molar-refractivity contribution in [3.05, 3.63) is 22.7 Å². The van der Waals surface area contributed by atoms with Gasteiger partial charge in [-0.25, -0.2) is 0 Å². The van der Waals surface area contributed by atoms with Crippen molar-refractivity contribution in [3.63, 3.8) is 0 Å². The lowest BCUT2D eigenvalue weighted by Crippen LogP contribution is -2.04. The van der Waals surface area contributed by atoms with E-state index in [1.54, 1.807) is 13.2 Å². The van der Waals surface area contributed by atoms with Crippen LogP contribution in [0, 0.1) is 0 Å². The number of hydrogen-bond acceptors (Lipinski definition) is 3. The Bertz CT molecular complexity index is 258. The summed E-state index contributed by atoms with van der Waals surface area (Å²) >= 11 is 3.33. The van der Waals surface area contributed by atoms with Gasteiger partial charge in [0, 0.05) is 23.3 Å². The highest BCUT2D eigenvalue weighted by Gasteiger charge is 1.97. The molecular weight excluding hydrogens is 234 g/mol. The minimum Gasteiger partial charge on any atom is -0.491 e. The van der Waals surface area contributed by atoms with Gasteiger partial charge in [-0.2, -0.15) is 0 Å². The van der Waals surface area contributed by atoms with Crippen LogP contribution in [0.25, 0.3) is 0 Å². The number of halogens is 1. The summed E-state index contributed by atoms with van der Waals surface area (Å²) in [6.07, 6.45) is 0. The summed E-state index contributed by atoms with van der Waals surface area (Å²) in [6, 6.07) is 5.47. The Labute approximate surface area is 86.0 Å². The highest BCUT2D eigenvalue weighted by atomic mass is 79.9. The Morgan fingerprint density at radius 1 is 1.31 bits per heavy atom. The summed E-state index contributed by atoms with van der Waals surface area (Å²) < 4.78 is 11.1. The average molecular weight is 246 g/mol. The Morgan fingerprint density at radius 3 is 2.69 bits per heavy atom. The summed E-state index contributed by atoms with van der Waals surface area (Å²) in [5.74, 6) is 0.754. The Balaban J connectivity index is 2.56. The second-order valence-corrected chi connectivity index (χ2v) is 3.48. The van der Waals surface area contributed by atoms with Crippen LogP contribution in [-0.2, 0) is 4.74 Å². The summed E-state index contributed by atoms with van der Waals surface area (Å²) in [5.41, 5.74) is 6.30. The predicted molar refractivity (Wildman–Crippen MR) is 55.9 cm³/mol. The number of nitrogens with two attached hydrogens (primary N) is 1. The summed E-state index contributed by atoms with van der Waals surface area (Å²) in [7, 11) is 1.64. The second kappa shape index (κ2) is 5.09. The van der Waals surface area contributed by atoms with Gasteiger partial charge in [0.2, 0.25) is 0 Å². The van der Waals surface area contributed by atoms with Gasteiger partial charge in [0.05, 0.1) is 6.61 Å². The molecule has 1 aromatic carbocycles. The van der Waals surface area contributed by atoms with E-state index in [1.165, 1.54) is 0 Å². The molecule has 0 aromatic heterocycles. The fourth-order valence-electron chi connectivity index (χ4n) is 0.911. The Kier molecular flexibility index (Phi) is 4.05. The number of rotatable bonds is 4. The predicted octanol–water partition coefficient (Wildman–Crippen LogP) is 2.06. The summed E-state index contributed by atoms with van der Waals surface area (Å²) in [5, 5.41) is 0. The number of ether oxygens (including phenoxy) is 2. The first-order chi connectivity index (χ1) is 6.22. The second-order valence-electron chi connectivity index (χ2n) is 2.56. The monoisotopic (exact) mass is 245 g/mol. The molecule has 0 fully saturated rings. The molecule has 0 heterocycles. The van der Waals surface area contributed by atoms with Crippen LogP contribution in [0.4, 0.5) is 5.69 Å². The molecule has 0 aliphatic heterocycles. The maximum Gasteiger partial charge on any atom is 0.122 e. The summed E-state index contributed by atoms with van der Waals surface area (Å²) in [6.45, 7) is 1.11. The molecule has 1 aromatic rings. The Morgan fingerprint density at radius 2 is 2.08 bits per heavy atom. The van der Waals surface area contributed by atoms with Crippen molar-refractivity contribution in [3.8, 4) is 5.75 Å². The van der Waals surface area contributed by atoms with Gasteiger partial charge < -0.3 is 15.2 Å². The minimum atomic E-state index is 0.534. The Hall–Kier alpha value is -0.740. The van der Waals surface area contributed by atoms with Crippen LogP contribution < -0.4 is 10.5 Å². The summed E-state index contributed by atoms with van der Waals surface area (Å²) in [4.78, 5) is 0. The first-order valence-corrected chi connectivity index (χ1v) is 4.69. The highest BCUT2D eigenvalue weighted by Crippen LogP contribution is 2.22. The van der Waals surface area contributed by atoms with E-state index in [9.17, 15) is 0 Å². The number of nitrogen functional groups attached to an aromatic ring is 1. The molecule has 4 heteroatoms. The van der Waals surface area contributed by atoms with Crippen LogP contribution in [0.1, 0.15) is 0 Å². The molecule has 0 bridgehead atoms. The van der Waals surface area contributed by atoms with Gasteiger partial charge in [0.1, 0.15) is 12.4 Å². The van der Waals surface area contributed by atoms with Gasteiger partial charge >= 0.3 is 0 Å². The topological polar surface area (TPSA) is 44.5 Å². The largest absolute Gasteiger partial charge is 0.491 e. The van der Waals surface area contributed by atoms with E-state index >= 15 is 0 Å². The molecule has 2 N–H and O–H groups in total. The molecule has 0 saturated heterocycles. The van der Waals surface area contributed by atoms with Crippen molar-refractivity contribution in [2.75, 3.05) is 26.1 Å². The molecule has 0 aliphatic rings. The molecule has 0 atom stereocenters. The third kappa shape index (κ3) is 3.65. The van der Waals surface area contributed by atoms with Crippen molar-refractivity contribution in [1.82, 2.24) is 0 Å². The first kappa shape index (κ1) is 10.3. The number of anilines is 1. The lowest BCUT2D eigenvalue weighted by atomic mass is 10.3. The molecule has 1 rings (SSSR count). The first-order valence-electron chi connectivity index (χ1n) is 3.90. The molecule has 0 spiro atoms. The van der Waals surface area contributed by atoms with Gasteiger partial charge in [-0.3, -0.25) is 0 Å². The van der Waals surface area contributed by atoms with Crippen LogP contribution in [0.3, 0.4) is 0 Å². The van der Waals surface area contributed by atoms with Gasteiger partial charge in [-0.05, 0) is 12.1 Å². The lowest BCUT2D eigenvalue weighted by molar-refractivity contribution is 0.146. The zero-order valence-corrected chi connectivity index (χ0v) is 9.00. The maximum atomic E-state index is 5.62. The molecule has 0 saturated carbocycles. The quantitative estimate of drug-likeness (QED) is 0.653. The van der Waals surface area contributed by atoms with Crippen molar-refractivity contribution in [2.24, 2.45) is 0 Å². The molecule has 0 amide bonds. The normalized spacial score (nSPS) is 10.0. The van der Waals surface area contributed by atoms with Crippen LogP contribution in [0.5, 0.6) is 5.75 Å². The van der Waals surface area contributed by atoms with E-state index in [4.69, 9.17) is 15.2 Å². The minimum absolute atomic E-state index is 0.534.